The number of rotatable bonds is 8. The van der Waals surface area contributed by atoms with E-state index in [1.165, 1.54) is 24.6 Å². The zero-order valence-electron chi connectivity index (χ0n) is 18.5. The van der Waals surface area contributed by atoms with Crippen LogP contribution in [0.3, 0.4) is 0 Å². The number of fused-ring (bicyclic) bond motifs is 1. The van der Waals surface area contributed by atoms with Crippen molar-refractivity contribution in [2.45, 2.75) is 45.4 Å². The predicted octanol–water partition coefficient (Wildman–Crippen LogP) is 8.06. The lowest BCUT2D eigenvalue weighted by molar-refractivity contribution is 0.453. The van der Waals surface area contributed by atoms with Gasteiger partial charge in [0.1, 0.15) is 17.0 Å². The number of hydrogen-bond acceptors (Lipinski definition) is 2. The van der Waals surface area contributed by atoms with Gasteiger partial charge in [0.2, 0.25) is 0 Å². The van der Waals surface area contributed by atoms with Crippen molar-refractivity contribution in [1.82, 2.24) is 0 Å². The minimum atomic E-state index is -1.16. The monoisotopic (exact) mass is 450 g/mol. The van der Waals surface area contributed by atoms with Crippen LogP contribution >= 0.6 is 0 Å². The fourth-order valence-electron chi connectivity index (χ4n) is 4.12. The number of aryl methyl sites for hydroxylation is 1. The molecule has 0 aliphatic rings. The first-order chi connectivity index (χ1) is 16.0. The first-order valence-corrected chi connectivity index (χ1v) is 11.3. The second kappa shape index (κ2) is 10.1. The van der Waals surface area contributed by atoms with Crippen LogP contribution in [0.4, 0.5) is 13.2 Å². The molecule has 3 aromatic carbocycles. The Hall–Kier alpha value is -3.34. The Bertz CT molecular complexity index is 1330. The van der Waals surface area contributed by atoms with E-state index >= 15 is 4.39 Å². The maximum atomic E-state index is 15.3. The van der Waals surface area contributed by atoms with Gasteiger partial charge in [-0.25, -0.2) is 18.0 Å². The Morgan fingerprint density at radius 1 is 0.727 bits per heavy atom. The SMILES string of the molecule is CCCCCCCc1cc2ccc(-c3ccc(-c4ccccc4)c(F)c3F)c(F)c2c(=O)o1. The van der Waals surface area contributed by atoms with Gasteiger partial charge in [0.05, 0.1) is 0 Å². The number of unbranched alkanes of at least 4 members (excludes halogenated alkanes) is 4. The molecule has 0 bridgehead atoms. The van der Waals surface area contributed by atoms with Gasteiger partial charge in [0, 0.05) is 23.1 Å². The molecule has 33 heavy (non-hydrogen) atoms. The zero-order valence-corrected chi connectivity index (χ0v) is 18.5. The van der Waals surface area contributed by atoms with Gasteiger partial charge in [-0.2, -0.15) is 0 Å². The molecule has 1 heterocycles. The largest absolute Gasteiger partial charge is 0.427 e. The van der Waals surface area contributed by atoms with Gasteiger partial charge in [0.15, 0.2) is 11.6 Å². The average molecular weight is 451 g/mol. The number of halogens is 3. The molecule has 170 valence electrons. The highest BCUT2D eigenvalue weighted by Gasteiger charge is 2.21. The second-order valence-electron chi connectivity index (χ2n) is 8.21. The molecule has 2 nitrogen and oxygen atoms in total. The lowest BCUT2D eigenvalue weighted by Gasteiger charge is -2.11. The highest BCUT2D eigenvalue weighted by molar-refractivity contribution is 5.88. The van der Waals surface area contributed by atoms with E-state index in [0.29, 0.717) is 23.1 Å². The summed E-state index contributed by atoms with van der Waals surface area (Å²) in [5.74, 6) is -2.64. The summed E-state index contributed by atoms with van der Waals surface area (Å²) in [6.45, 7) is 2.14. The lowest BCUT2D eigenvalue weighted by Crippen LogP contribution is -2.06. The highest BCUT2D eigenvalue weighted by Crippen LogP contribution is 2.34. The predicted molar refractivity (Wildman–Crippen MR) is 126 cm³/mol. The normalized spacial score (nSPS) is 11.3. The molecule has 0 atom stereocenters. The third-order valence-corrected chi connectivity index (χ3v) is 5.90. The van der Waals surface area contributed by atoms with Crippen molar-refractivity contribution < 1.29 is 17.6 Å². The van der Waals surface area contributed by atoms with Crippen molar-refractivity contribution in [3.63, 3.8) is 0 Å². The molecular weight excluding hydrogens is 425 g/mol. The van der Waals surface area contributed by atoms with Gasteiger partial charge in [-0.05, 0) is 23.4 Å². The molecule has 0 amide bonds. The standard InChI is InChI=1S/C28H25F3O2/c1-2-3-4-5-9-12-20-17-19-13-14-22(25(29)24(19)28(32)33-20)23-16-15-21(26(30)27(23)31)18-10-7-6-8-11-18/h6-8,10-11,13-17H,2-5,9,12H2,1H3. The molecule has 0 radical (unpaired) electrons. The van der Waals surface area contributed by atoms with Crippen LogP contribution < -0.4 is 5.63 Å². The van der Waals surface area contributed by atoms with E-state index < -0.39 is 23.1 Å². The Kier molecular flexibility index (Phi) is 6.97. The summed E-state index contributed by atoms with van der Waals surface area (Å²) in [6.07, 6.45) is 5.95. The third-order valence-electron chi connectivity index (χ3n) is 5.90. The molecule has 0 saturated heterocycles. The van der Waals surface area contributed by atoms with Crippen molar-refractivity contribution in [3.05, 3.63) is 94.3 Å². The molecule has 0 saturated carbocycles. The van der Waals surface area contributed by atoms with Gasteiger partial charge < -0.3 is 4.42 Å². The molecule has 0 aliphatic carbocycles. The zero-order chi connectivity index (χ0) is 23.4. The van der Waals surface area contributed by atoms with E-state index in [9.17, 15) is 13.6 Å². The van der Waals surface area contributed by atoms with Crippen molar-refractivity contribution in [2.24, 2.45) is 0 Å². The van der Waals surface area contributed by atoms with Gasteiger partial charge in [-0.3, -0.25) is 0 Å². The number of benzene rings is 3. The van der Waals surface area contributed by atoms with E-state index in [-0.39, 0.29) is 22.1 Å². The lowest BCUT2D eigenvalue weighted by atomic mass is 9.97. The van der Waals surface area contributed by atoms with E-state index in [1.807, 2.05) is 0 Å². The van der Waals surface area contributed by atoms with E-state index in [2.05, 4.69) is 6.92 Å². The molecule has 4 aromatic rings. The Morgan fingerprint density at radius 2 is 1.36 bits per heavy atom. The summed E-state index contributed by atoms with van der Waals surface area (Å²) in [5, 5.41) is 0.132. The molecule has 0 fully saturated rings. The van der Waals surface area contributed by atoms with Crippen molar-refractivity contribution in [1.29, 1.82) is 0 Å². The van der Waals surface area contributed by atoms with Crippen LogP contribution in [0, 0.1) is 17.5 Å². The van der Waals surface area contributed by atoms with Crippen LogP contribution in [0.25, 0.3) is 33.0 Å². The first kappa shape index (κ1) is 22.8. The molecule has 4 rings (SSSR count). The van der Waals surface area contributed by atoms with Crippen LogP contribution in [0.2, 0.25) is 0 Å². The van der Waals surface area contributed by atoms with Crippen molar-refractivity contribution in [3.8, 4) is 22.3 Å². The van der Waals surface area contributed by atoms with Crippen molar-refractivity contribution >= 4 is 10.8 Å². The van der Waals surface area contributed by atoms with E-state index in [0.717, 1.165) is 25.7 Å². The van der Waals surface area contributed by atoms with Crippen LogP contribution in [0.15, 0.2) is 69.9 Å². The summed E-state index contributed by atoms with van der Waals surface area (Å²) < 4.78 is 50.5. The molecule has 0 aliphatic heterocycles. The summed E-state index contributed by atoms with van der Waals surface area (Å²) in [4.78, 5) is 12.6. The maximum Gasteiger partial charge on any atom is 0.346 e. The highest BCUT2D eigenvalue weighted by atomic mass is 19.2. The minimum absolute atomic E-state index is 0.0844. The number of hydrogen-bond donors (Lipinski definition) is 0. The quantitative estimate of drug-likeness (QED) is 0.254. The first-order valence-electron chi connectivity index (χ1n) is 11.3. The maximum absolute atomic E-state index is 15.3. The minimum Gasteiger partial charge on any atom is -0.427 e. The molecule has 5 heteroatoms. The van der Waals surface area contributed by atoms with E-state index in [1.54, 1.807) is 42.5 Å². The molecule has 0 unspecified atom stereocenters. The molecule has 0 spiro atoms. The van der Waals surface area contributed by atoms with Crippen LogP contribution in [-0.4, -0.2) is 0 Å². The van der Waals surface area contributed by atoms with Crippen LogP contribution in [0.1, 0.15) is 44.8 Å². The summed E-state index contributed by atoms with van der Waals surface area (Å²) in [7, 11) is 0. The van der Waals surface area contributed by atoms with Crippen LogP contribution in [-0.2, 0) is 6.42 Å². The smallest absolute Gasteiger partial charge is 0.346 e. The Morgan fingerprint density at radius 3 is 2.12 bits per heavy atom. The average Bonchev–Trinajstić information content (AvgIpc) is 2.82. The Balaban J connectivity index is 1.69. The van der Waals surface area contributed by atoms with Gasteiger partial charge in [-0.15, -0.1) is 0 Å². The molecular formula is C28H25F3O2. The second-order valence-corrected chi connectivity index (χ2v) is 8.21. The third kappa shape index (κ3) is 4.72. The fraction of sp³-hybridized carbons (Fsp3) is 0.250. The van der Waals surface area contributed by atoms with Gasteiger partial charge in [0.25, 0.3) is 0 Å². The summed E-state index contributed by atoms with van der Waals surface area (Å²) >= 11 is 0. The van der Waals surface area contributed by atoms with Crippen molar-refractivity contribution in [2.75, 3.05) is 0 Å². The summed E-state index contributed by atoms with van der Waals surface area (Å²) in [6, 6.07) is 15.9. The molecule has 0 N–H and O–H groups in total. The van der Waals surface area contributed by atoms with Gasteiger partial charge >= 0.3 is 5.63 Å². The van der Waals surface area contributed by atoms with Crippen LogP contribution in [0.5, 0.6) is 0 Å². The Labute approximate surface area is 190 Å². The van der Waals surface area contributed by atoms with E-state index in [4.69, 9.17) is 4.42 Å². The summed E-state index contributed by atoms with van der Waals surface area (Å²) in [5.41, 5.74) is -0.634. The molecule has 1 aromatic heterocycles. The van der Waals surface area contributed by atoms with Gasteiger partial charge in [-0.1, -0.05) is 87.2 Å². The topological polar surface area (TPSA) is 30.2 Å². The fourth-order valence-corrected chi connectivity index (χ4v) is 4.12.